The third kappa shape index (κ3) is 5.91. The molecule has 0 aliphatic heterocycles. The summed E-state index contributed by atoms with van der Waals surface area (Å²) in [5, 5.41) is 3.51. The third-order valence-corrected chi connectivity index (χ3v) is 4.09. The van der Waals surface area contributed by atoms with Gasteiger partial charge in [0.15, 0.2) is 0 Å². The SMILES string of the molecule is CC(=O)N(CCNC(=O)Cc1ccc(Cl)cc1)c1cc(C)cc(C)c1. The molecular formula is C20H23ClN2O2. The number of nitrogens with one attached hydrogen (secondary N) is 1. The molecule has 132 valence electrons. The molecule has 0 saturated heterocycles. The minimum atomic E-state index is -0.0775. The molecule has 0 atom stereocenters. The van der Waals surface area contributed by atoms with Crippen molar-refractivity contribution in [3.05, 3.63) is 64.2 Å². The normalized spacial score (nSPS) is 10.4. The van der Waals surface area contributed by atoms with Crippen molar-refractivity contribution in [2.75, 3.05) is 18.0 Å². The maximum absolute atomic E-state index is 12.0. The maximum atomic E-state index is 12.0. The monoisotopic (exact) mass is 358 g/mol. The Kier molecular flexibility index (Phi) is 6.59. The number of nitrogens with zero attached hydrogens (tertiary/aromatic N) is 1. The van der Waals surface area contributed by atoms with Crippen LogP contribution in [0.3, 0.4) is 0 Å². The lowest BCUT2D eigenvalue weighted by molar-refractivity contribution is -0.121. The number of carbonyl (C=O) groups excluding carboxylic acids is 2. The minimum absolute atomic E-state index is 0.0445. The molecule has 0 saturated carbocycles. The van der Waals surface area contributed by atoms with Gasteiger partial charge in [0, 0.05) is 30.7 Å². The fourth-order valence-electron chi connectivity index (χ4n) is 2.73. The molecule has 2 amide bonds. The second-order valence-electron chi connectivity index (χ2n) is 6.17. The highest BCUT2D eigenvalue weighted by molar-refractivity contribution is 6.30. The van der Waals surface area contributed by atoms with Crippen molar-refractivity contribution in [2.24, 2.45) is 0 Å². The topological polar surface area (TPSA) is 49.4 Å². The van der Waals surface area contributed by atoms with E-state index >= 15 is 0 Å². The highest BCUT2D eigenvalue weighted by atomic mass is 35.5. The van der Waals surface area contributed by atoms with E-state index in [2.05, 4.69) is 11.4 Å². The molecule has 0 unspecified atom stereocenters. The van der Waals surface area contributed by atoms with Gasteiger partial charge in [-0.2, -0.15) is 0 Å². The van der Waals surface area contributed by atoms with E-state index in [-0.39, 0.29) is 11.8 Å². The van der Waals surface area contributed by atoms with Crippen molar-refractivity contribution in [1.82, 2.24) is 5.32 Å². The summed E-state index contributed by atoms with van der Waals surface area (Å²) < 4.78 is 0. The number of hydrogen-bond donors (Lipinski definition) is 1. The predicted molar refractivity (Wildman–Crippen MR) is 102 cm³/mol. The van der Waals surface area contributed by atoms with E-state index in [0.29, 0.717) is 24.5 Å². The minimum Gasteiger partial charge on any atom is -0.354 e. The zero-order chi connectivity index (χ0) is 18.4. The zero-order valence-corrected chi connectivity index (χ0v) is 15.6. The van der Waals surface area contributed by atoms with Crippen LogP contribution in [0, 0.1) is 13.8 Å². The molecule has 0 radical (unpaired) electrons. The summed E-state index contributed by atoms with van der Waals surface area (Å²) in [6, 6.07) is 13.2. The van der Waals surface area contributed by atoms with E-state index in [1.807, 2.05) is 38.1 Å². The van der Waals surface area contributed by atoms with Gasteiger partial charge in [-0.15, -0.1) is 0 Å². The molecule has 1 N–H and O–H groups in total. The average Bonchev–Trinajstić information content (AvgIpc) is 2.52. The number of halogens is 1. The van der Waals surface area contributed by atoms with Gasteiger partial charge in [0.2, 0.25) is 11.8 Å². The lowest BCUT2D eigenvalue weighted by atomic mass is 10.1. The van der Waals surface area contributed by atoms with Crippen LogP contribution in [0.5, 0.6) is 0 Å². The molecule has 2 aromatic carbocycles. The first-order valence-corrected chi connectivity index (χ1v) is 8.60. The lowest BCUT2D eigenvalue weighted by Gasteiger charge is -2.22. The van der Waals surface area contributed by atoms with E-state index < -0.39 is 0 Å². The highest BCUT2D eigenvalue weighted by Crippen LogP contribution is 2.18. The Morgan fingerprint density at radius 2 is 1.64 bits per heavy atom. The van der Waals surface area contributed by atoms with Crippen molar-refractivity contribution in [3.8, 4) is 0 Å². The van der Waals surface area contributed by atoms with Crippen molar-refractivity contribution in [1.29, 1.82) is 0 Å². The Balaban J connectivity index is 1.92. The molecule has 0 aromatic heterocycles. The van der Waals surface area contributed by atoms with Crippen molar-refractivity contribution in [2.45, 2.75) is 27.2 Å². The van der Waals surface area contributed by atoms with Gasteiger partial charge >= 0.3 is 0 Å². The Hall–Kier alpha value is -2.33. The molecule has 2 aromatic rings. The Morgan fingerprint density at radius 1 is 1.04 bits per heavy atom. The van der Waals surface area contributed by atoms with Crippen LogP contribution in [-0.2, 0) is 16.0 Å². The summed E-state index contributed by atoms with van der Waals surface area (Å²) in [7, 11) is 0. The molecule has 0 spiro atoms. The number of amides is 2. The van der Waals surface area contributed by atoms with Gasteiger partial charge in [0.25, 0.3) is 0 Å². The van der Waals surface area contributed by atoms with E-state index in [4.69, 9.17) is 11.6 Å². The number of carbonyl (C=O) groups is 2. The van der Waals surface area contributed by atoms with Crippen LogP contribution >= 0.6 is 11.6 Å². The zero-order valence-electron chi connectivity index (χ0n) is 14.8. The second-order valence-corrected chi connectivity index (χ2v) is 6.61. The van der Waals surface area contributed by atoms with Gasteiger partial charge in [-0.05, 0) is 54.8 Å². The average molecular weight is 359 g/mol. The molecule has 0 heterocycles. The van der Waals surface area contributed by atoms with E-state index in [1.54, 1.807) is 17.0 Å². The summed E-state index contributed by atoms with van der Waals surface area (Å²) in [4.78, 5) is 25.7. The van der Waals surface area contributed by atoms with Crippen LogP contribution in [-0.4, -0.2) is 24.9 Å². The van der Waals surface area contributed by atoms with E-state index in [9.17, 15) is 9.59 Å². The number of rotatable bonds is 6. The van der Waals surface area contributed by atoms with Crippen LogP contribution in [0.15, 0.2) is 42.5 Å². The number of benzene rings is 2. The Bertz CT molecular complexity index is 737. The van der Waals surface area contributed by atoms with Crippen molar-refractivity contribution >= 4 is 29.1 Å². The molecule has 5 heteroatoms. The summed E-state index contributed by atoms with van der Waals surface area (Å²) >= 11 is 5.84. The summed E-state index contributed by atoms with van der Waals surface area (Å²) in [6.07, 6.45) is 0.292. The van der Waals surface area contributed by atoms with Gasteiger partial charge < -0.3 is 10.2 Å². The van der Waals surface area contributed by atoms with Gasteiger partial charge in [-0.25, -0.2) is 0 Å². The largest absolute Gasteiger partial charge is 0.354 e. The van der Waals surface area contributed by atoms with Crippen LogP contribution in [0.25, 0.3) is 0 Å². The Labute approximate surface area is 153 Å². The standard InChI is InChI=1S/C20H23ClN2O2/c1-14-10-15(2)12-19(11-14)23(16(3)24)9-8-22-20(25)13-17-4-6-18(21)7-5-17/h4-7,10-12H,8-9,13H2,1-3H3,(H,22,25). The first-order valence-electron chi connectivity index (χ1n) is 8.22. The van der Waals surface area contributed by atoms with Crippen molar-refractivity contribution < 1.29 is 9.59 Å². The lowest BCUT2D eigenvalue weighted by Crippen LogP contribution is -2.38. The summed E-state index contributed by atoms with van der Waals surface area (Å²) in [5.74, 6) is -0.122. The smallest absolute Gasteiger partial charge is 0.224 e. The van der Waals surface area contributed by atoms with Gasteiger partial charge in [0.05, 0.1) is 6.42 Å². The Morgan fingerprint density at radius 3 is 2.20 bits per heavy atom. The highest BCUT2D eigenvalue weighted by Gasteiger charge is 2.12. The number of aryl methyl sites for hydroxylation is 2. The second kappa shape index (κ2) is 8.67. The third-order valence-electron chi connectivity index (χ3n) is 3.83. The quantitative estimate of drug-likeness (QED) is 0.856. The van der Waals surface area contributed by atoms with Crippen LogP contribution < -0.4 is 10.2 Å². The summed E-state index contributed by atoms with van der Waals surface area (Å²) in [6.45, 7) is 6.38. The van der Waals surface area contributed by atoms with E-state index in [1.165, 1.54) is 6.92 Å². The molecular weight excluding hydrogens is 336 g/mol. The summed E-state index contributed by atoms with van der Waals surface area (Å²) in [5.41, 5.74) is 3.97. The van der Waals surface area contributed by atoms with Crippen LogP contribution in [0.2, 0.25) is 5.02 Å². The first kappa shape index (κ1) is 19.0. The first-order chi connectivity index (χ1) is 11.8. The van der Waals surface area contributed by atoms with Crippen molar-refractivity contribution in [3.63, 3.8) is 0 Å². The van der Waals surface area contributed by atoms with Crippen LogP contribution in [0.1, 0.15) is 23.6 Å². The van der Waals surface area contributed by atoms with Gasteiger partial charge in [0.1, 0.15) is 0 Å². The van der Waals surface area contributed by atoms with Crippen LogP contribution in [0.4, 0.5) is 5.69 Å². The van der Waals surface area contributed by atoms with E-state index in [0.717, 1.165) is 22.4 Å². The maximum Gasteiger partial charge on any atom is 0.224 e. The van der Waals surface area contributed by atoms with Gasteiger partial charge in [-0.3, -0.25) is 9.59 Å². The fourth-order valence-corrected chi connectivity index (χ4v) is 2.86. The molecule has 0 aliphatic carbocycles. The molecule has 0 fully saturated rings. The number of hydrogen-bond acceptors (Lipinski definition) is 2. The number of anilines is 1. The molecule has 0 aliphatic rings. The molecule has 4 nitrogen and oxygen atoms in total. The predicted octanol–water partition coefficient (Wildman–Crippen LogP) is 3.67. The fraction of sp³-hybridized carbons (Fsp3) is 0.300. The molecule has 0 bridgehead atoms. The van der Waals surface area contributed by atoms with Gasteiger partial charge in [-0.1, -0.05) is 29.8 Å². The molecule has 2 rings (SSSR count). The molecule has 25 heavy (non-hydrogen) atoms.